The van der Waals surface area contributed by atoms with E-state index in [0.717, 1.165) is 43.7 Å². The molecule has 256 valence electrons. The van der Waals surface area contributed by atoms with E-state index in [9.17, 15) is 9.18 Å². The van der Waals surface area contributed by atoms with Gasteiger partial charge in [-0.3, -0.25) is 9.78 Å². The second kappa shape index (κ2) is 21.5. The number of nitrogens with zero attached hydrogens (tertiary/aromatic N) is 4. The van der Waals surface area contributed by atoms with Crippen LogP contribution in [0.5, 0.6) is 0 Å². The van der Waals surface area contributed by atoms with Crippen molar-refractivity contribution in [1.29, 1.82) is 0 Å². The molecule has 0 saturated carbocycles. The van der Waals surface area contributed by atoms with E-state index in [0.29, 0.717) is 66.0 Å². The number of anilines is 1. The van der Waals surface area contributed by atoms with Gasteiger partial charge in [-0.1, -0.05) is 25.0 Å². The summed E-state index contributed by atoms with van der Waals surface area (Å²) in [5.41, 5.74) is 12.8. The standard InChI is InChI=1S/C30H46ClFN8O6/c31-9-3-1-2-4-11-42-13-15-44-17-19-46-20-18-45-16-14-43-12-10-39(35)22-25(33)27-36-26-28(37-30(34)38-29(26)41)40(27)21-23-5-7-24(32)8-6-23/h5-8,22H,1-4,9-21,33,35H2,(H3,34,37,38,41)/b25-22-. The lowest BCUT2D eigenvalue weighted by Gasteiger charge is -2.16. The van der Waals surface area contributed by atoms with Crippen molar-refractivity contribution in [3.05, 3.63) is 58.0 Å². The number of imidazole rings is 1. The van der Waals surface area contributed by atoms with Gasteiger partial charge in [-0.25, -0.2) is 15.2 Å². The fraction of sp³-hybridized carbons (Fsp3) is 0.567. The Labute approximate surface area is 272 Å². The van der Waals surface area contributed by atoms with E-state index in [2.05, 4.69) is 15.0 Å². The van der Waals surface area contributed by atoms with Gasteiger partial charge >= 0.3 is 0 Å². The van der Waals surface area contributed by atoms with Gasteiger partial charge < -0.3 is 44.7 Å². The molecule has 0 saturated heterocycles. The van der Waals surface area contributed by atoms with E-state index >= 15 is 0 Å². The van der Waals surface area contributed by atoms with Crippen LogP contribution < -0.4 is 22.9 Å². The van der Waals surface area contributed by atoms with Gasteiger partial charge in [-0.2, -0.15) is 4.98 Å². The Hall–Kier alpha value is -3.31. The average Bonchev–Trinajstić information content (AvgIpc) is 3.39. The number of nitrogen functional groups attached to an aromatic ring is 1. The smallest absolute Gasteiger partial charge is 0.280 e. The number of rotatable bonds is 25. The Kier molecular flexibility index (Phi) is 17.3. The van der Waals surface area contributed by atoms with Crippen LogP contribution in [0, 0.1) is 5.82 Å². The van der Waals surface area contributed by atoms with E-state index in [1.165, 1.54) is 23.3 Å². The Morgan fingerprint density at radius 1 is 0.870 bits per heavy atom. The predicted octanol–water partition coefficient (Wildman–Crippen LogP) is 2.20. The van der Waals surface area contributed by atoms with Crippen molar-refractivity contribution >= 4 is 34.4 Å². The lowest BCUT2D eigenvalue weighted by molar-refractivity contribution is -0.0119. The fourth-order valence-electron chi connectivity index (χ4n) is 4.27. The SMILES string of the molecule is N/C(=C\N(N)CCOCCOCCOCCOCCOCCCCCCCl)c1nc2c(=O)[nH]c(N)nc2n1Cc1ccc(F)cc1. The molecule has 0 aliphatic rings. The van der Waals surface area contributed by atoms with Crippen LogP contribution in [0.2, 0.25) is 0 Å². The van der Waals surface area contributed by atoms with E-state index in [4.69, 9.17) is 52.6 Å². The zero-order chi connectivity index (χ0) is 33.0. The molecule has 0 aliphatic carbocycles. The third kappa shape index (κ3) is 13.6. The molecule has 2 heterocycles. The number of unbranched alkanes of at least 4 members (excludes halogenated alkanes) is 3. The van der Waals surface area contributed by atoms with Gasteiger partial charge in [0.2, 0.25) is 5.95 Å². The molecular weight excluding hydrogens is 623 g/mol. The highest BCUT2D eigenvalue weighted by molar-refractivity contribution is 6.17. The normalized spacial score (nSPS) is 11.9. The molecule has 0 fully saturated rings. The number of hydrogen-bond acceptors (Lipinski definition) is 12. The number of aromatic amines is 1. The molecular formula is C30H46ClFN8O6. The summed E-state index contributed by atoms with van der Waals surface area (Å²) < 4.78 is 42.7. The Morgan fingerprint density at radius 3 is 2.04 bits per heavy atom. The maximum atomic E-state index is 13.4. The molecule has 0 radical (unpaired) electrons. The van der Waals surface area contributed by atoms with E-state index in [-0.39, 0.29) is 41.0 Å². The molecule has 14 nitrogen and oxygen atoms in total. The zero-order valence-corrected chi connectivity index (χ0v) is 26.9. The minimum Gasteiger partial charge on any atom is -0.394 e. The number of hydrogen-bond donors (Lipinski definition) is 4. The van der Waals surface area contributed by atoms with Crippen LogP contribution in [0.1, 0.15) is 37.1 Å². The Morgan fingerprint density at radius 2 is 1.43 bits per heavy atom. The molecule has 1 aromatic carbocycles. The summed E-state index contributed by atoms with van der Waals surface area (Å²) in [4.78, 5) is 23.5. The number of nitrogens with one attached hydrogen (secondary N) is 1. The van der Waals surface area contributed by atoms with Crippen molar-refractivity contribution in [3.8, 4) is 0 Å². The largest absolute Gasteiger partial charge is 0.394 e. The van der Waals surface area contributed by atoms with Crippen molar-refractivity contribution in [2.24, 2.45) is 11.6 Å². The lowest BCUT2D eigenvalue weighted by atomic mass is 10.2. The highest BCUT2D eigenvalue weighted by Gasteiger charge is 2.18. The van der Waals surface area contributed by atoms with Crippen LogP contribution >= 0.6 is 11.6 Å². The van der Waals surface area contributed by atoms with Crippen molar-refractivity contribution in [3.63, 3.8) is 0 Å². The number of nitrogens with two attached hydrogens (primary N) is 3. The summed E-state index contributed by atoms with van der Waals surface area (Å²) in [6.07, 6.45) is 5.89. The number of hydrazine groups is 1. The molecule has 46 heavy (non-hydrogen) atoms. The number of benzene rings is 1. The minimum absolute atomic E-state index is 0.0644. The van der Waals surface area contributed by atoms with Crippen molar-refractivity contribution < 1.29 is 28.1 Å². The molecule has 0 aliphatic heterocycles. The summed E-state index contributed by atoms with van der Waals surface area (Å²) in [7, 11) is 0. The van der Waals surface area contributed by atoms with Crippen LogP contribution in [0.15, 0.2) is 35.3 Å². The molecule has 0 bridgehead atoms. The van der Waals surface area contributed by atoms with Crippen LogP contribution in [-0.4, -0.2) is 103 Å². The van der Waals surface area contributed by atoms with Crippen molar-refractivity contribution in [2.75, 3.05) is 84.2 Å². The lowest BCUT2D eigenvalue weighted by Crippen LogP contribution is -2.30. The van der Waals surface area contributed by atoms with Crippen LogP contribution in [-0.2, 0) is 30.2 Å². The number of ether oxygens (including phenoxy) is 5. The maximum absolute atomic E-state index is 13.4. The van der Waals surface area contributed by atoms with Crippen molar-refractivity contribution in [1.82, 2.24) is 24.5 Å². The maximum Gasteiger partial charge on any atom is 0.280 e. The molecule has 0 unspecified atom stereocenters. The van der Waals surface area contributed by atoms with Gasteiger partial charge in [0.1, 0.15) is 5.82 Å². The summed E-state index contributed by atoms with van der Waals surface area (Å²) in [6.45, 7) is 5.44. The average molecular weight is 669 g/mol. The Bertz CT molecular complexity index is 1370. The second-order valence-electron chi connectivity index (χ2n) is 10.3. The van der Waals surface area contributed by atoms with E-state index in [1.807, 2.05) is 0 Å². The van der Waals surface area contributed by atoms with Gasteiger partial charge in [0.15, 0.2) is 17.0 Å². The molecule has 2 aromatic heterocycles. The first-order valence-electron chi connectivity index (χ1n) is 15.3. The molecule has 16 heteroatoms. The fourth-order valence-corrected chi connectivity index (χ4v) is 4.46. The summed E-state index contributed by atoms with van der Waals surface area (Å²) in [5, 5.41) is 1.36. The number of alkyl halides is 1. The molecule has 0 amide bonds. The summed E-state index contributed by atoms with van der Waals surface area (Å²) >= 11 is 5.66. The molecule has 3 rings (SSSR count). The molecule has 7 N–H and O–H groups in total. The van der Waals surface area contributed by atoms with E-state index < -0.39 is 5.56 Å². The number of halogens is 2. The third-order valence-corrected chi connectivity index (χ3v) is 6.86. The van der Waals surface area contributed by atoms with Gasteiger partial charge in [0.05, 0.1) is 78.2 Å². The predicted molar refractivity (Wildman–Crippen MR) is 174 cm³/mol. The third-order valence-electron chi connectivity index (χ3n) is 6.60. The van der Waals surface area contributed by atoms with Crippen LogP contribution in [0.25, 0.3) is 16.9 Å². The van der Waals surface area contributed by atoms with E-state index in [1.54, 1.807) is 16.7 Å². The number of fused-ring (bicyclic) bond motifs is 1. The summed E-state index contributed by atoms with van der Waals surface area (Å²) in [5.74, 6) is 6.66. The molecule has 3 aromatic rings. The highest BCUT2D eigenvalue weighted by atomic mass is 35.5. The molecule has 0 atom stereocenters. The van der Waals surface area contributed by atoms with Gasteiger partial charge in [-0.05, 0) is 30.5 Å². The highest BCUT2D eigenvalue weighted by Crippen LogP contribution is 2.19. The topological polar surface area (TPSA) is 191 Å². The van der Waals surface area contributed by atoms with Crippen LogP contribution in [0.4, 0.5) is 10.3 Å². The van der Waals surface area contributed by atoms with Gasteiger partial charge in [0.25, 0.3) is 5.56 Å². The first kappa shape index (κ1) is 37.2. The monoisotopic (exact) mass is 668 g/mol. The zero-order valence-electron chi connectivity index (χ0n) is 26.1. The summed E-state index contributed by atoms with van der Waals surface area (Å²) in [6, 6.07) is 5.92. The van der Waals surface area contributed by atoms with Gasteiger partial charge in [0, 0.05) is 18.7 Å². The first-order valence-corrected chi connectivity index (χ1v) is 15.9. The second-order valence-corrected chi connectivity index (χ2v) is 10.6. The molecule has 0 spiro atoms. The first-order chi connectivity index (χ1) is 22.4. The number of H-pyrrole nitrogens is 1. The Balaban J connectivity index is 1.28. The van der Waals surface area contributed by atoms with Crippen LogP contribution in [0.3, 0.4) is 0 Å². The minimum atomic E-state index is -0.507. The van der Waals surface area contributed by atoms with Gasteiger partial charge in [-0.15, -0.1) is 11.6 Å². The van der Waals surface area contributed by atoms with Crippen molar-refractivity contribution in [2.45, 2.75) is 32.2 Å². The quantitative estimate of drug-likeness (QED) is 0.0446. The number of aromatic nitrogens is 4.